The number of hydrogen-bond donors (Lipinski definition) is 0. The molecule has 5 nitrogen and oxygen atoms in total. The number of ketones is 1. The first-order valence-electron chi connectivity index (χ1n) is 10.1. The van der Waals surface area contributed by atoms with Crippen LogP contribution in [0.15, 0.2) is 0 Å². The molecule has 0 aromatic carbocycles. The summed E-state index contributed by atoms with van der Waals surface area (Å²) in [6.07, 6.45) is 17.8. The Balaban J connectivity index is 0. The quantitative estimate of drug-likeness (QED) is 0.140. The van der Waals surface area contributed by atoms with Gasteiger partial charge < -0.3 is 4.55 Å². The van der Waals surface area contributed by atoms with Crippen LogP contribution in [-0.2, 0) is 19.4 Å². The van der Waals surface area contributed by atoms with Crippen LogP contribution in [-0.4, -0.2) is 25.4 Å². The molecule has 7 heteroatoms. The maximum Gasteiger partial charge on any atom is 1.00 e. The molecule has 0 unspecified atom stereocenters. The van der Waals surface area contributed by atoms with E-state index in [1.54, 1.807) is 0 Å². The van der Waals surface area contributed by atoms with Gasteiger partial charge in [0.25, 0.3) is 0 Å². The third-order valence-corrected chi connectivity index (χ3v) is 4.93. The molecule has 0 N–H and O–H groups in total. The van der Waals surface area contributed by atoms with Gasteiger partial charge in [-0.15, -0.1) is 0 Å². The molecule has 0 rings (SSSR count). The molecule has 0 radical (unpaired) electrons. The van der Waals surface area contributed by atoms with Gasteiger partial charge in [0.1, 0.15) is 5.78 Å². The first-order chi connectivity index (χ1) is 12.0. The summed E-state index contributed by atoms with van der Waals surface area (Å²) in [7, 11) is -4.51. The van der Waals surface area contributed by atoms with Crippen LogP contribution in [0.4, 0.5) is 0 Å². The Kier molecular flexibility index (Phi) is 23.6. The van der Waals surface area contributed by atoms with Gasteiger partial charge in [0.05, 0.1) is 6.61 Å². The number of unbranched alkanes of at least 4 members (excludes halogenated alkanes) is 13. The Morgan fingerprint density at radius 3 is 1.42 bits per heavy atom. The fourth-order valence-electron chi connectivity index (χ4n) is 2.88. The zero-order chi connectivity index (χ0) is 18.8. The fourth-order valence-corrected chi connectivity index (χ4v) is 3.21. The molecule has 0 saturated heterocycles. The molecule has 0 saturated carbocycles. The molecule has 0 heterocycles. The standard InChI is InChI=1S/C19H38O5S.K/c1-2-19(20)17-15-13-11-9-7-5-3-4-6-8-10-12-14-16-18-24-25(21,22)23;/h2-18H2,1H3,(H,21,22,23);/q;+1/p-1. The van der Waals surface area contributed by atoms with Gasteiger partial charge in [-0.1, -0.05) is 84.0 Å². The molecule has 26 heavy (non-hydrogen) atoms. The van der Waals surface area contributed by atoms with Gasteiger partial charge >= 0.3 is 51.4 Å². The number of carbonyl (C=O) groups excluding carboxylic acids is 1. The van der Waals surface area contributed by atoms with Gasteiger partial charge in [-0.25, -0.2) is 8.42 Å². The Bertz CT molecular complexity index is 412. The van der Waals surface area contributed by atoms with Crippen LogP contribution < -0.4 is 51.4 Å². The largest absolute Gasteiger partial charge is 1.00 e. The van der Waals surface area contributed by atoms with Gasteiger partial charge in [-0.05, 0) is 12.8 Å². The van der Waals surface area contributed by atoms with Crippen LogP contribution in [0.5, 0.6) is 0 Å². The number of Topliss-reactive ketones (excluding diaryl/α,β-unsaturated/α-hetero) is 1. The van der Waals surface area contributed by atoms with Crippen LogP contribution >= 0.6 is 0 Å². The zero-order valence-corrected chi connectivity index (χ0v) is 20.9. The average molecular weight is 417 g/mol. The summed E-state index contributed by atoms with van der Waals surface area (Å²) in [5.74, 6) is 0.392. The van der Waals surface area contributed by atoms with E-state index < -0.39 is 10.4 Å². The zero-order valence-electron chi connectivity index (χ0n) is 17.0. The van der Waals surface area contributed by atoms with Gasteiger partial charge in [-0.2, -0.15) is 0 Å². The summed E-state index contributed by atoms with van der Waals surface area (Å²) in [5, 5.41) is 0. The summed E-state index contributed by atoms with van der Waals surface area (Å²) in [5.41, 5.74) is 0. The number of carbonyl (C=O) groups is 1. The maximum atomic E-state index is 11.2. The van der Waals surface area contributed by atoms with Crippen molar-refractivity contribution in [2.45, 2.75) is 110 Å². The monoisotopic (exact) mass is 416 g/mol. The minimum absolute atomic E-state index is 0. The second-order valence-corrected chi connectivity index (χ2v) is 7.87. The Morgan fingerprint density at radius 1 is 0.731 bits per heavy atom. The number of rotatable bonds is 19. The smallest absolute Gasteiger partial charge is 0.726 e. The van der Waals surface area contributed by atoms with Crippen molar-refractivity contribution in [2.75, 3.05) is 6.61 Å². The van der Waals surface area contributed by atoms with Crippen LogP contribution in [0.1, 0.15) is 110 Å². The fraction of sp³-hybridized carbons (Fsp3) is 0.947. The predicted molar refractivity (Wildman–Crippen MR) is 100 cm³/mol. The maximum absolute atomic E-state index is 11.2. The summed E-state index contributed by atoms with van der Waals surface area (Å²) >= 11 is 0. The van der Waals surface area contributed by atoms with E-state index in [0.29, 0.717) is 18.6 Å². The molecule has 0 aromatic rings. The van der Waals surface area contributed by atoms with Gasteiger partial charge in [-0.3, -0.25) is 8.98 Å². The van der Waals surface area contributed by atoms with Crippen molar-refractivity contribution >= 4 is 16.2 Å². The summed E-state index contributed by atoms with van der Waals surface area (Å²) in [4.78, 5) is 11.2. The molecular weight excluding hydrogens is 379 g/mol. The van der Waals surface area contributed by atoms with Crippen LogP contribution in [0, 0.1) is 0 Å². The van der Waals surface area contributed by atoms with E-state index in [0.717, 1.165) is 25.7 Å². The van der Waals surface area contributed by atoms with Crippen LogP contribution in [0.25, 0.3) is 0 Å². The molecule has 0 atom stereocenters. The van der Waals surface area contributed by atoms with E-state index in [1.165, 1.54) is 64.2 Å². The topological polar surface area (TPSA) is 83.5 Å². The van der Waals surface area contributed by atoms with Crippen LogP contribution in [0.3, 0.4) is 0 Å². The molecule has 0 aliphatic carbocycles. The van der Waals surface area contributed by atoms with Crippen molar-refractivity contribution < 1.29 is 73.3 Å². The molecule has 0 aliphatic rings. The molecule has 0 fully saturated rings. The average Bonchev–Trinajstić information content (AvgIpc) is 2.56. The second-order valence-electron chi connectivity index (χ2n) is 6.82. The van der Waals surface area contributed by atoms with Gasteiger partial charge in [0, 0.05) is 12.8 Å². The first kappa shape index (κ1) is 29.4. The summed E-state index contributed by atoms with van der Waals surface area (Å²) in [6, 6.07) is 0. The second kappa shape index (κ2) is 20.9. The van der Waals surface area contributed by atoms with E-state index in [9.17, 15) is 17.8 Å². The van der Waals surface area contributed by atoms with Crippen molar-refractivity contribution in [3.8, 4) is 0 Å². The van der Waals surface area contributed by atoms with Crippen LogP contribution in [0.2, 0.25) is 0 Å². The van der Waals surface area contributed by atoms with E-state index in [4.69, 9.17) is 0 Å². The van der Waals surface area contributed by atoms with Crippen molar-refractivity contribution in [2.24, 2.45) is 0 Å². The Morgan fingerprint density at radius 2 is 1.08 bits per heavy atom. The van der Waals surface area contributed by atoms with Crippen molar-refractivity contribution in [1.29, 1.82) is 0 Å². The van der Waals surface area contributed by atoms with Gasteiger partial charge in [0.15, 0.2) is 0 Å². The Hall–Kier alpha value is 1.18. The minimum atomic E-state index is -4.51. The predicted octanol–water partition coefficient (Wildman–Crippen LogP) is 2.30. The van der Waals surface area contributed by atoms with Gasteiger partial charge in [0.2, 0.25) is 10.4 Å². The minimum Gasteiger partial charge on any atom is -0.726 e. The summed E-state index contributed by atoms with van der Waals surface area (Å²) < 4.78 is 34.8. The molecule has 0 bridgehead atoms. The van der Waals surface area contributed by atoms with E-state index in [1.807, 2.05) is 6.92 Å². The SMILES string of the molecule is CCC(=O)CCCCCCCCCCCCCCCCOS(=O)(=O)[O-].[K+]. The van der Waals surface area contributed by atoms with Crippen molar-refractivity contribution in [1.82, 2.24) is 0 Å². The molecular formula is C19H37KO5S. The van der Waals surface area contributed by atoms with Crippen molar-refractivity contribution in [3.63, 3.8) is 0 Å². The first-order valence-corrected chi connectivity index (χ1v) is 11.4. The molecule has 0 spiro atoms. The Labute approximate surface area is 203 Å². The molecule has 0 aliphatic heterocycles. The van der Waals surface area contributed by atoms with E-state index in [-0.39, 0.29) is 58.0 Å². The molecule has 150 valence electrons. The van der Waals surface area contributed by atoms with Crippen molar-refractivity contribution in [3.05, 3.63) is 0 Å². The molecule has 0 amide bonds. The third-order valence-electron chi connectivity index (χ3n) is 4.47. The van der Waals surface area contributed by atoms with E-state index >= 15 is 0 Å². The normalized spacial score (nSPS) is 11.3. The third kappa shape index (κ3) is 25.2. The summed E-state index contributed by atoms with van der Waals surface area (Å²) in [6.45, 7) is 1.95. The number of hydrogen-bond acceptors (Lipinski definition) is 5. The van der Waals surface area contributed by atoms with E-state index in [2.05, 4.69) is 4.18 Å². The molecule has 0 aromatic heterocycles.